The molecule has 0 radical (unpaired) electrons. The normalized spacial score (nSPS) is 9.83. The highest BCUT2D eigenvalue weighted by atomic mass is 35.5. The van der Waals surface area contributed by atoms with Crippen LogP contribution in [0.3, 0.4) is 0 Å². The van der Waals surface area contributed by atoms with Crippen molar-refractivity contribution < 1.29 is 12.4 Å². The average molecular weight is 127 g/mol. The second-order valence-electron chi connectivity index (χ2n) is 2.09. The minimum Gasteiger partial charge on any atom is -1.00 e. The summed E-state index contributed by atoms with van der Waals surface area (Å²) in [6.07, 6.45) is 6.48. The lowest BCUT2D eigenvalue weighted by Gasteiger charge is -1.91. The van der Waals surface area contributed by atoms with E-state index >= 15 is 0 Å². The van der Waals surface area contributed by atoms with Crippen molar-refractivity contribution in [2.24, 2.45) is 0 Å². The Hall–Kier alpha value is 0.510. The Kier molecular flexibility index (Phi) is 4.28. The van der Waals surface area contributed by atoms with Gasteiger partial charge in [-0.15, -0.1) is 9.62 Å². The summed E-state index contributed by atoms with van der Waals surface area (Å²) >= 11 is 0. The molecule has 0 saturated heterocycles. The predicted molar refractivity (Wildman–Crippen MR) is 32.3 cm³/mol. The molecule has 0 nitrogen and oxygen atoms in total. The van der Waals surface area contributed by atoms with Gasteiger partial charge in [-0.25, -0.2) is 0 Å². The molecule has 0 N–H and O–H groups in total. The Labute approximate surface area is 47.3 Å². The summed E-state index contributed by atoms with van der Waals surface area (Å²) < 4.78 is 0. The summed E-state index contributed by atoms with van der Waals surface area (Å²) in [6, 6.07) is 0. The highest BCUT2D eigenvalue weighted by molar-refractivity contribution is 8.09. The summed E-state index contributed by atoms with van der Waals surface area (Å²) in [5, 5.41) is 0. The van der Waals surface area contributed by atoms with E-state index in [0.717, 1.165) is 0 Å². The van der Waals surface area contributed by atoms with Crippen molar-refractivity contribution >= 4 is 15.5 Å². The van der Waals surface area contributed by atoms with Gasteiger partial charge < -0.3 is 12.4 Å². The fourth-order valence-electron chi connectivity index (χ4n) is 0. The molecule has 0 aliphatic rings. The third-order valence-electron chi connectivity index (χ3n) is 0. The van der Waals surface area contributed by atoms with E-state index in [1.54, 1.807) is 0 Å². The van der Waals surface area contributed by atoms with Gasteiger partial charge in [-0.3, -0.25) is 0 Å². The van der Waals surface area contributed by atoms with E-state index in [1.165, 1.54) is 0 Å². The van der Waals surface area contributed by atoms with Crippen molar-refractivity contribution in [3.05, 3.63) is 0 Å². The van der Waals surface area contributed by atoms with Gasteiger partial charge in [0.05, 0.1) is 18.8 Å². The second kappa shape index (κ2) is 2.64. The molecule has 0 aliphatic carbocycles. The van der Waals surface area contributed by atoms with Gasteiger partial charge >= 0.3 is 0 Å². The van der Waals surface area contributed by atoms with E-state index in [9.17, 15) is 0 Å². The third-order valence-corrected chi connectivity index (χ3v) is 0. The maximum atomic E-state index is 3.85. The number of hydrogen-bond acceptors (Lipinski definition) is 0. The van der Waals surface area contributed by atoms with Gasteiger partial charge in [0.1, 0.15) is 0 Å². The molecular weight excluding hydrogens is 116 g/mol. The molecule has 0 fully saturated rings. The fourth-order valence-corrected chi connectivity index (χ4v) is 0. The Balaban J connectivity index is 0. The molecule has 0 bridgehead atoms. The molecule has 0 heterocycles. The minimum absolute atomic E-state index is 0. The zero-order chi connectivity index (χ0) is 4.50. The van der Waals surface area contributed by atoms with Crippen LogP contribution in [0.25, 0.3) is 0 Å². The predicted octanol–water partition coefficient (Wildman–Crippen LogP) is -2.53. The Bertz CT molecular complexity index is 53.7. The van der Waals surface area contributed by atoms with Crippen molar-refractivity contribution in [2.45, 2.75) is 0 Å². The molecule has 0 aromatic rings. The molecule has 6 heavy (non-hydrogen) atoms. The topological polar surface area (TPSA) is 0 Å². The van der Waals surface area contributed by atoms with Crippen LogP contribution in [0.1, 0.15) is 0 Å². The highest BCUT2D eigenvalue weighted by Gasteiger charge is 1.84. The van der Waals surface area contributed by atoms with Crippen molar-refractivity contribution in [1.29, 1.82) is 0 Å². The second-order valence-corrected chi connectivity index (χ2v) is 6.27. The van der Waals surface area contributed by atoms with Crippen LogP contribution in [0.4, 0.5) is 0 Å². The van der Waals surface area contributed by atoms with Crippen molar-refractivity contribution in [1.82, 2.24) is 0 Å². The summed E-state index contributed by atoms with van der Waals surface area (Å²) in [5.74, 6) is 3.85. The standard InChI is InChI=1S/C4H11S.ClH/c1-5(2,3)4;/h1H2,2-4H3;1H/q+1;/p-1. The van der Waals surface area contributed by atoms with Crippen LogP contribution < -0.4 is 12.4 Å². The Morgan fingerprint density at radius 1 is 1.17 bits per heavy atom. The zero-order valence-electron chi connectivity index (χ0n) is 4.49. The first-order valence-electron chi connectivity index (χ1n) is 1.51. The van der Waals surface area contributed by atoms with Crippen LogP contribution in [-0.4, -0.2) is 24.6 Å². The van der Waals surface area contributed by atoms with E-state index < -0.39 is 9.62 Å². The minimum atomic E-state index is -0.417. The van der Waals surface area contributed by atoms with Crippen LogP contribution in [0.5, 0.6) is 0 Å². The maximum absolute atomic E-state index is 3.85. The van der Waals surface area contributed by atoms with Crippen LogP contribution in [-0.2, 0) is 9.62 Å². The van der Waals surface area contributed by atoms with Crippen molar-refractivity contribution in [2.75, 3.05) is 18.8 Å². The van der Waals surface area contributed by atoms with Crippen LogP contribution in [0, 0.1) is 0 Å². The van der Waals surface area contributed by atoms with Crippen LogP contribution in [0.15, 0.2) is 0 Å². The van der Waals surface area contributed by atoms with Gasteiger partial charge in [-0.1, -0.05) is 0 Å². The Morgan fingerprint density at radius 3 is 1.17 bits per heavy atom. The molecule has 0 amide bonds. The van der Waals surface area contributed by atoms with E-state index in [2.05, 4.69) is 24.6 Å². The van der Waals surface area contributed by atoms with Crippen LogP contribution in [0.2, 0.25) is 0 Å². The molecule has 2 heteroatoms. The van der Waals surface area contributed by atoms with Gasteiger partial charge in [-0.05, 0) is 0 Å². The van der Waals surface area contributed by atoms with Crippen LogP contribution >= 0.6 is 0 Å². The van der Waals surface area contributed by atoms with Crippen molar-refractivity contribution in [3.63, 3.8) is 0 Å². The molecule has 0 aromatic heterocycles. The van der Waals surface area contributed by atoms with E-state index in [4.69, 9.17) is 0 Å². The number of hydrogen-bond donors (Lipinski definition) is 0. The largest absolute Gasteiger partial charge is 1.00 e. The molecule has 0 aromatic carbocycles. The quantitative estimate of drug-likeness (QED) is 0.248. The fraction of sp³-hybridized carbons (Fsp3) is 0.750. The lowest BCUT2D eigenvalue weighted by molar-refractivity contribution is -0.00000130. The third kappa shape index (κ3) is 214. The first-order chi connectivity index (χ1) is 2.00. The monoisotopic (exact) mass is 126 g/mol. The first-order valence-corrected chi connectivity index (χ1v) is 4.54. The molecule has 0 unspecified atom stereocenters. The van der Waals surface area contributed by atoms with E-state index in [1.807, 2.05) is 0 Å². The molecule has 0 saturated carbocycles. The number of rotatable bonds is 0. The van der Waals surface area contributed by atoms with Gasteiger partial charge in [0.2, 0.25) is 0 Å². The van der Waals surface area contributed by atoms with Gasteiger partial charge in [0.25, 0.3) is 0 Å². The highest BCUT2D eigenvalue weighted by Crippen LogP contribution is 1.77. The van der Waals surface area contributed by atoms with Gasteiger partial charge in [-0.2, -0.15) is 0 Å². The van der Waals surface area contributed by atoms with E-state index in [-0.39, 0.29) is 12.4 Å². The summed E-state index contributed by atoms with van der Waals surface area (Å²) in [6.45, 7) is 0. The summed E-state index contributed by atoms with van der Waals surface area (Å²) in [5.41, 5.74) is 0. The molecule has 0 aliphatic heterocycles. The lowest BCUT2D eigenvalue weighted by Crippen LogP contribution is -3.00. The Morgan fingerprint density at radius 2 is 1.17 bits per heavy atom. The lowest BCUT2D eigenvalue weighted by atomic mass is 11.8. The SMILES string of the molecule is C=[S+](C)(C)C.[Cl-]. The first kappa shape index (κ1) is 9.72. The smallest absolute Gasteiger partial charge is 0.0633 e. The van der Waals surface area contributed by atoms with Gasteiger partial charge in [0.15, 0.2) is 0 Å². The molecule has 40 valence electrons. The zero-order valence-corrected chi connectivity index (χ0v) is 6.07. The van der Waals surface area contributed by atoms with Gasteiger partial charge in [0, 0.05) is 5.87 Å². The average Bonchev–Trinajstić information content (AvgIpc) is 0.722. The summed E-state index contributed by atoms with van der Waals surface area (Å²) in [7, 11) is -0.417. The van der Waals surface area contributed by atoms with E-state index in [0.29, 0.717) is 0 Å². The molecule has 0 atom stereocenters. The molecule has 0 spiro atoms. The number of halogens is 1. The van der Waals surface area contributed by atoms with Crippen molar-refractivity contribution in [3.8, 4) is 0 Å². The molecule has 0 rings (SSSR count). The summed E-state index contributed by atoms with van der Waals surface area (Å²) in [4.78, 5) is 0. The molecular formula is C4H11ClS. The maximum Gasteiger partial charge on any atom is 0.0633 e.